The lowest BCUT2D eigenvalue weighted by Crippen LogP contribution is -2.21. The van der Waals surface area contributed by atoms with Gasteiger partial charge >= 0.3 is 5.97 Å². The van der Waals surface area contributed by atoms with Crippen LogP contribution in [0.5, 0.6) is 0 Å². The van der Waals surface area contributed by atoms with E-state index in [9.17, 15) is 4.79 Å². The Bertz CT molecular complexity index is 298. The van der Waals surface area contributed by atoms with Gasteiger partial charge in [-0.15, -0.1) is 0 Å². The molecule has 0 atom stereocenters. The molecule has 0 aliphatic heterocycles. The summed E-state index contributed by atoms with van der Waals surface area (Å²) < 4.78 is 4.78. The second kappa shape index (κ2) is 5.33. The van der Waals surface area contributed by atoms with E-state index in [4.69, 9.17) is 9.63 Å². The highest BCUT2D eigenvalue weighted by atomic mass is 16.5. The van der Waals surface area contributed by atoms with Crippen molar-refractivity contribution < 1.29 is 14.4 Å². The maximum Gasteiger partial charge on any atom is 0.304 e. The molecule has 0 unspecified atom stereocenters. The SMILES string of the molecule is Cc1nc(CCNCCC(=O)O)no1. The summed E-state index contributed by atoms with van der Waals surface area (Å²) in [6.07, 6.45) is 0.780. The summed E-state index contributed by atoms with van der Waals surface area (Å²) in [5.74, 6) is 0.392. The lowest BCUT2D eigenvalue weighted by Gasteiger charge is -1.98. The molecule has 0 saturated heterocycles. The van der Waals surface area contributed by atoms with Crippen molar-refractivity contribution in [3.05, 3.63) is 11.7 Å². The Kier molecular flexibility index (Phi) is 4.06. The van der Waals surface area contributed by atoms with Crippen molar-refractivity contribution in [3.63, 3.8) is 0 Å². The third-order valence-corrected chi connectivity index (χ3v) is 1.61. The smallest absolute Gasteiger partial charge is 0.304 e. The van der Waals surface area contributed by atoms with E-state index in [0.29, 0.717) is 31.2 Å². The van der Waals surface area contributed by atoms with Crippen LogP contribution in [0.15, 0.2) is 4.52 Å². The Morgan fingerprint density at radius 2 is 2.36 bits per heavy atom. The van der Waals surface area contributed by atoms with Gasteiger partial charge in [0.1, 0.15) is 0 Å². The molecule has 1 rings (SSSR count). The molecule has 2 N–H and O–H groups in total. The first-order valence-electron chi connectivity index (χ1n) is 4.40. The third-order valence-electron chi connectivity index (χ3n) is 1.61. The number of aliphatic carboxylic acids is 1. The summed E-state index contributed by atoms with van der Waals surface area (Å²) in [5, 5.41) is 15.0. The molecule has 6 nitrogen and oxygen atoms in total. The number of hydrogen-bond acceptors (Lipinski definition) is 5. The van der Waals surface area contributed by atoms with Gasteiger partial charge in [0, 0.05) is 26.4 Å². The molecule has 0 aliphatic carbocycles. The number of aromatic nitrogens is 2. The van der Waals surface area contributed by atoms with Gasteiger partial charge < -0.3 is 14.9 Å². The minimum Gasteiger partial charge on any atom is -0.481 e. The zero-order valence-electron chi connectivity index (χ0n) is 7.99. The molecule has 0 saturated carbocycles. The van der Waals surface area contributed by atoms with Gasteiger partial charge in [-0.05, 0) is 0 Å². The zero-order valence-corrected chi connectivity index (χ0v) is 7.99. The monoisotopic (exact) mass is 199 g/mol. The van der Waals surface area contributed by atoms with Gasteiger partial charge in [-0.1, -0.05) is 5.16 Å². The molecular formula is C8H13N3O3. The molecule has 14 heavy (non-hydrogen) atoms. The summed E-state index contributed by atoms with van der Waals surface area (Å²) in [7, 11) is 0. The Labute approximate surface area is 81.3 Å². The normalized spacial score (nSPS) is 10.4. The summed E-state index contributed by atoms with van der Waals surface area (Å²) in [6.45, 7) is 2.85. The number of nitrogens with zero attached hydrogens (tertiary/aromatic N) is 2. The largest absolute Gasteiger partial charge is 0.481 e. The molecule has 0 aromatic carbocycles. The average molecular weight is 199 g/mol. The van der Waals surface area contributed by atoms with Crippen molar-refractivity contribution in [2.45, 2.75) is 19.8 Å². The predicted molar refractivity (Wildman–Crippen MR) is 47.9 cm³/mol. The molecule has 1 aromatic heterocycles. The first-order chi connectivity index (χ1) is 6.68. The van der Waals surface area contributed by atoms with Gasteiger partial charge in [0.15, 0.2) is 5.82 Å². The molecule has 0 amide bonds. The molecule has 0 bridgehead atoms. The highest BCUT2D eigenvalue weighted by Gasteiger charge is 2.01. The average Bonchev–Trinajstić information content (AvgIpc) is 2.50. The van der Waals surface area contributed by atoms with Crippen LogP contribution in [-0.4, -0.2) is 34.3 Å². The molecule has 0 radical (unpaired) electrons. The standard InChI is InChI=1S/C8H13N3O3/c1-6-10-7(11-14-6)2-4-9-5-3-8(12)13/h9H,2-5H2,1H3,(H,12,13). The summed E-state index contributed by atoms with van der Waals surface area (Å²) in [6, 6.07) is 0. The van der Waals surface area contributed by atoms with Crippen LogP contribution in [0.4, 0.5) is 0 Å². The molecule has 0 spiro atoms. The molecule has 1 aromatic rings. The highest BCUT2D eigenvalue weighted by molar-refractivity contribution is 5.66. The number of carboxylic acids is 1. The Morgan fingerprint density at radius 1 is 1.57 bits per heavy atom. The fourth-order valence-electron chi connectivity index (χ4n) is 0.963. The van der Waals surface area contributed by atoms with Crippen LogP contribution in [0.3, 0.4) is 0 Å². The Morgan fingerprint density at radius 3 is 2.93 bits per heavy atom. The molecule has 0 aliphatic rings. The van der Waals surface area contributed by atoms with Crippen molar-refractivity contribution in [2.75, 3.05) is 13.1 Å². The van der Waals surface area contributed by atoms with E-state index in [1.54, 1.807) is 6.92 Å². The van der Waals surface area contributed by atoms with E-state index in [0.717, 1.165) is 0 Å². The van der Waals surface area contributed by atoms with Crippen LogP contribution in [0.25, 0.3) is 0 Å². The zero-order chi connectivity index (χ0) is 10.4. The lowest BCUT2D eigenvalue weighted by atomic mass is 10.4. The predicted octanol–water partition coefficient (Wildman–Crippen LogP) is -0.0152. The van der Waals surface area contributed by atoms with Gasteiger partial charge in [0.05, 0.1) is 6.42 Å². The van der Waals surface area contributed by atoms with Gasteiger partial charge in [-0.2, -0.15) is 4.98 Å². The summed E-state index contributed by atoms with van der Waals surface area (Å²) in [4.78, 5) is 14.2. The van der Waals surface area contributed by atoms with Crippen LogP contribution >= 0.6 is 0 Å². The number of nitrogens with one attached hydrogen (secondary N) is 1. The minimum absolute atomic E-state index is 0.130. The second-order valence-electron chi connectivity index (χ2n) is 2.87. The van der Waals surface area contributed by atoms with Crippen molar-refractivity contribution in [1.82, 2.24) is 15.5 Å². The number of hydrogen-bond donors (Lipinski definition) is 2. The first-order valence-corrected chi connectivity index (χ1v) is 4.40. The molecule has 78 valence electrons. The number of carbonyl (C=O) groups is 1. The van der Waals surface area contributed by atoms with E-state index >= 15 is 0 Å². The third kappa shape index (κ3) is 3.99. The van der Waals surface area contributed by atoms with Crippen molar-refractivity contribution in [3.8, 4) is 0 Å². The van der Waals surface area contributed by atoms with Crippen molar-refractivity contribution in [1.29, 1.82) is 0 Å². The molecule has 0 fully saturated rings. The van der Waals surface area contributed by atoms with E-state index in [2.05, 4.69) is 15.5 Å². The van der Waals surface area contributed by atoms with Gasteiger partial charge in [-0.25, -0.2) is 0 Å². The Hall–Kier alpha value is -1.43. The van der Waals surface area contributed by atoms with Crippen molar-refractivity contribution >= 4 is 5.97 Å². The Balaban J connectivity index is 2.07. The topological polar surface area (TPSA) is 88.2 Å². The lowest BCUT2D eigenvalue weighted by molar-refractivity contribution is -0.136. The van der Waals surface area contributed by atoms with Gasteiger partial charge in [0.25, 0.3) is 0 Å². The van der Waals surface area contributed by atoms with Crippen LogP contribution in [0.1, 0.15) is 18.1 Å². The minimum atomic E-state index is -0.798. The molecule has 1 heterocycles. The van der Waals surface area contributed by atoms with E-state index < -0.39 is 5.97 Å². The van der Waals surface area contributed by atoms with Gasteiger partial charge in [-0.3, -0.25) is 4.79 Å². The number of aryl methyl sites for hydroxylation is 1. The number of carboxylic acid groups (broad SMARTS) is 1. The first kappa shape index (κ1) is 10.6. The van der Waals surface area contributed by atoms with Crippen LogP contribution in [0.2, 0.25) is 0 Å². The van der Waals surface area contributed by atoms with Crippen LogP contribution in [0, 0.1) is 6.92 Å². The van der Waals surface area contributed by atoms with E-state index in [1.807, 2.05) is 0 Å². The van der Waals surface area contributed by atoms with Crippen LogP contribution in [-0.2, 0) is 11.2 Å². The molecular weight excluding hydrogens is 186 g/mol. The summed E-state index contributed by atoms with van der Waals surface area (Å²) in [5.41, 5.74) is 0. The molecule has 6 heteroatoms. The maximum atomic E-state index is 10.2. The van der Waals surface area contributed by atoms with Crippen molar-refractivity contribution in [2.24, 2.45) is 0 Å². The fourth-order valence-corrected chi connectivity index (χ4v) is 0.963. The number of rotatable bonds is 6. The van der Waals surface area contributed by atoms with E-state index in [-0.39, 0.29) is 6.42 Å². The van der Waals surface area contributed by atoms with Crippen LogP contribution < -0.4 is 5.32 Å². The van der Waals surface area contributed by atoms with Gasteiger partial charge in [0.2, 0.25) is 5.89 Å². The van der Waals surface area contributed by atoms with E-state index in [1.165, 1.54) is 0 Å². The highest BCUT2D eigenvalue weighted by Crippen LogP contribution is 1.94. The fraction of sp³-hybridized carbons (Fsp3) is 0.625. The summed E-state index contributed by atoms with van der Waals surface area (Å²) >= 11 is 0. The quantitative estimate of drug-likeness (QED) is 0.626. The maximum absolute atomic E-state index is 10.2. The second-order valence-corrected chi connectivity index (χ2v) is 2.87.